The van der Waals surface area contributed by atoms with Crippen molar-refractivity contribution in [2.45, 2.75) is 18.9 Å². The van der Waals surface area contributed by atoms with Crippen molar-refractivity contribution in [1.82, 2.24) is 9.80 Å². The lowest BCUT2D eigenvalue weighted by molar-refractivity contribution is -0.142. The molecule has 0 N–H and O–H groups in total. The molecule has 0 aliphatic heterocycles. The molecule has 6 heteroatoms. The summed E-state index contributed by atoms with van der Waals surface area (Å²) in [6, 6.07) is 16.2. The topological polar surface area (TPSA) is 42.0 Å². The number of methoxy groups -OCH3 is 1. The van der Waals surface area contributed by atoms with Gasteiger partial charge >= 0.3 is 5.97 Å². The predicted molar refractivity (Wildman–Crippen MR) is 118 cm³/mol. The maximum atomic E-state index is 11.2. The molecule has 0 amide bonds. The number of carbonyl (C=O) groups is 1. The van der Waals surface area contributed by atoms with Gasteiger partial charge in [0.2, 0.25) is 0 Å². The van der Waals surface area contributed by atoms with Crippen LogP contribution in [0.4, 0.5) is 0 Å². The quantitative estimate of drug-likeness (QED) is 0.540. The summed E-state index contributed by atoms with van der Waals surface area (Å²) in [5, 5.41) is 0.764. The molecule has 0 radical (unpaired) electrons. The van der Waals surface area contributed by atoms with Crippen LogP contribution in [0.15, 0.2) is 48.5 Å². The number of rotatable bonds is 10. The van der Waals surface area contributed by atoms with E-state index in [1.54, 1.807) is 0 Å². The third kappa shape index (κ3) is 7.35. The highest BCUT2D eigenvalue weighted by Gasteiger charge is 2.18. The van der Waals surface area contributed by atoms with Gasteiger partial charge in [-0.2, -0.15) is 0 Å². The molecule has 29 heavy (non-hydrogen) atoms. The Kier molecular flexibility index (Phi) is 8.96. The molecule has 2 atom stereocenters. The van der Waals surface area contributed by atoms with Crippen LogP contribution in [-0.2, 0) is 9.53 Å². The first-order valence-corrected chi connectivity index (χ1v) is 10.1. The average Bonchev–Trinajstić information content (AvgIpc) is 2.70. The Balaban J connectivity index is 1.94. The number of nitrogens with zero attached hydrogens (tertiary/aromatic N) is 2. The van der Waals surface area contributed by atoms with E-state index in [1.807, 2.05) is 42.5 Å². The maximum absolute atomic E-state index is 11.2. The second-order valence-corrected chi connectivity index (χ2v) is 8.03. The van der Waals surface area contributed by atoms with Crippen molar-refractivity contribution in [3.05, 3.63) is 64.7 Å². The molecule has 2 rings (SSSR count). The number of hydrogen-bond donors (Lipinski definition) is 0. The van der Waals surface area contributed by atoms with Crippen molar-refractivity contribution >= 4 is 17.6 Å². The molecule has 158 valence electrons. The Morgan fingerprint density at radius 3 is 2.31 bits per heavy atom. The van der Waals surface area contributed by atoms with Crippen LogP contribution >= 0.6 is 11.6 Å². The first kappa shape index (κ1) is 23.2. The van der Waals surface area contributed by atoms with Crippen LogP contribution in [0.2, 0.25) is 5.02 Å². The minimum Gasteiger partial charge on any atom is -0.482 e. The number of benzene rings is 2. The summed E-state index contributed by atoms with van der Waals surface area (Å²) in [7, 11) is 7.68. The van der Waals surface area contributed by atoms with Gasteiger partial charge < -0.3 is 19.3 Å². The highest BCUT2D eigenvalue weighted by Crippen LogP contribution is 2.24. The Morgan fingerprint density at radius 2 is 1.72 bits per heavy atom. The Hall–Kier alpha value is -2.08. The third-order valence-corrected chi connectivity index (χ3v) is 5.20. The molecule has 5 nitrogen and oxygen atoms in total. The molecule has 0 aromatic heterocycles. The molecule has 0 aliphatic rings. The summed E-state index contributed by atoms with van der Waals surface area (Å²) in [5.41, 5.74) is 2.44. The first-order chi connectivity index (χ1) is 13.8. The summed E-state index contributed by atoms with van der Waals surface area (Å²) >= 11 is 6.19. The predicted octanol–water partition coefficient (Wildman–Crippen LogP) is 4.23. The zero-order chi connectivity index (χ0) is 21.4. The highest BCUT2D eigenvalue weighted by molar-refractivity contribution is 6.30. The van der Waals surface area contributed by atoms with Gasteiger partial charge in [0, 0.05) is 24.2 Å². The maximum Gasteiger partial charge on any atom is 0.343 e. The highest BCUT2D eigenvalue weighted by atomic mass is 35.5. The molecule has 0 saturated carbocycles. The van der Waals surface area contributed by atoms with Crippen LogP contribution < -0.4 is 4.74 Å². The van der Waals surface area contributed by atoms with E-state index in [-0.39, 0.29) is 18.6 Å². The Labute approximate surface area is 179 Å². The van der Waals surface area contributed by atoms with Gasteiger partial charge in [-0.15, -0.1) is 0 Å². The Bertz CT molecular complexity index is 780. The van der Waals surface area contributed by atoms with Gasteiger partial charge in [-0.3, -0.25) is 0 Å². The minimum absolute atomic E-state index is 0.0798. The first-order valence-electron chi connectivity index (χ1n) is 9.70. The number of hydrogen-bond acceptors (Lipinski definition) is 5. The van der Waals surface area contributed by atoms with Gasteiger partial charge in [-0.05, 0) is 62.5 Å². The molecular weight excluding hydrogens is 388 g/mol. The van der Waals surface area contributed by atoms with E-state index < -0.39 is 0 Å². The van der Waals surface area contributed by atoms with Crippen molar-refractivity contribution < 1.29 is 14.3 Å². The number of ether oxygens (including phenoxy) is 2. The van der Waals surface area contributed by atoms with Crippen LogP contribution in [0.3, 0.4) is 0 Å². The summed E-state index contributed by atoms with van der Waals surface area (Å²) < 4.78 is 10.00. The van der Waals surface area contributed by atoms with Crippen LogP contribution in [0.25, 0.3) is 0 Å². The third-order valence-electron chi connectivity index (χ3n) is 4.96. The number of halogens is 1. The van der Waals surface area contributed by atoms with Crippen LogP contribution in [-0.4, -0.2) is 63.7 Å². The fourth-order valence-corrected chi connectivity index (χ4v) is 3.52. The summed E-state index contributed by atoms with van der Waals surface area (Å²) in [6.07, 6.45) is 0. The van der Waals surface area contributed by atoms with Crippen molar-refractivity contribution in [1.29, 1.82) is 0 Å². The lowest BCUT2D eigenvalue weighted by atomic mass is 9.99. The van der Waals surface area contributed by atoms with Gasteiger partial charge in [0.15, 0.2) is 6.61 Å². The molecule has 0 heterocycles. The van der Waals surface area contributed by atoms with E-state index in [0.717, 1.165) is 18.1 Å². The molecule has 2 aromatic rings. The summed E-state index contributed by atoms with van der Waals surface area (Å²) in [5.74, 6) is 0.629. The zero-order valence-electron chi connectivity index (χ0n) is 17.9. The monoisotopic (exact) mass is 418 g/mol. The summed E-state index contributed by atoms with van der Waals surface area (Å²) in [6.45, 7) is 3.96. The van der Waals surface area contributed by atoms with Crippen molar-refractivity contribution in [3.63, 3.8) is 0 Å². The molecule has 0 saturated heterocycles. The van der Waals surface area contributed by atoms with E-state index in [9.17, 15) is 4.79 Å². The van der Waals surface area contributed by atoms with E-state index in [1.165, 1.54) is 18.2 Å². The molecule has 2 unspecified atom stereocenters. The lowest BCUT2D eigenvalue weighted by Gasteiger charge is -2.31. The fraction of sp³-hybridized carbons (Fsp3) is 0.435. The normalized spacial score (nSPS) is 13.4. The molecular formula is C23H31ClN2O3. The van der Waals surface area contributed by atoms with Crippen LogP contribution in [0.1, 0.15) is 30.0 Å². The lowest BCUT2D eigenvalue weighted by Crippen LogP contribution is -2.34. The van der Waals surface area contributed by atoms with Crippen molar-refractivity contribution in [2.24, 2.45) is 0 Å². The van der Waals surface area contributed by atoms with Crippen LogP contribution in [0.5, 0.6) is 5.75 Å². The van der Waals surface area contributed by atoms with Gasteiger partial charge in [0.25, 0.3) is 0 Å². The minimum atomic E-state index is -0.390. The molecule has 0 aliphatic carbocycles. The Morgan fingerprint density at radius 1 is 1.03 bits per heavy atom. The van der Waals surface area contributed by atoms with Gasteiger partial charge in [-0.25, -0.2) is 4.79 Å². The largest absolute Gasteiger partial charge is 0.482 e. The van der Waals surface area contributed by atoms with Crippen LogP contribution in [0, 0.1) is 0 Å². The standard InChI is InChI=1S/C23H31ClN2O3/c1-17(18-9-11-21(12-10-18)29-16-23(27)28-5)14-26(4)15-22(25(2)3)19-7-6-8-20(24)13-19/h6-13,17,22H,14-16H2,1-5H3. The number of carbonyl (C=O) groups excluding carboxylic acids is 1. The summed E-state index contributed by atoms with van der Waals surface area (Å²) in [4.78, 5) is 15.7. The molecule has 0 spiro atoms. The SMILES string of the molecule is COC(=O)COc1ccc(C(C)CN(C)CC(c2cccc(Cl)c2)N(C)C)cc1. The zero-order valence-corrected chi connectivity index (χ0v) is 18.6. The fourth-order valence-electron chi connectivity index (χ4n) is 3.32. The van der Waals surface area contributed by atoms with E-state index in [2.05, 4.69) is 48.7 Å². The van der Waals surface area contributed by atoms with E-state index in [0.29, 0.717) is 11.7 Å². The number of likely N-dealkylation sites (N-methyl/N-ethyl adjacent to an activating group) is 2. The van der Waals surface area contributed by atoms with E-state index in [4.69, 9.17) is 16.3 Å². The van der Waals surface area contributed by atoms with Crippen molar-refractivity contribution in [3.8, 4) is 5.75 Å². The smallest absolute Gasteiger partial charge is 0.343 e. The average molecular weight is 419 g/mol. The number of esters is 1. The molecule has 2 aromatic carbocycles. The van der Waals surface area contributed by atoms with Gasteiger partial charge in [-0.1, -0.05) is 42.8 Å². The van der Waals surface area contributed by atoms with Crippen molar-refractivity contribution in [2.75, 3.05) is 47.9 Å². The molecule has 0 bridgehead atoms. The van der Waals surface area contributed by atoms with Gasteiger partial charge in [0.05, 0.1) is 7.11 Å². The molecule has 0 fully saturated rings. The van der Waals surface area contributed by atoms with E-state index >= 15 is 0 Å². The second-order valence-electron chi connectivity index (χ2n) is 7.59. The van der Waals surface area contributed by atoms with Gasteiger partial charge in [0.1, 0.15) is 5.75 Å². The second kappa shape index (κ2) is 11.2.